The third-order valence-electron chi connectivity index (χ3n) is 2.86. The molecule has 0 N–H and O–H groups in total. The molecule has 0 aromatic carbocycles. The molecule has 94 valence electrons. The van der Waals surface area contributed by atoms with Crippen molar-refractivity contribution >= 4 is 0 Å². The summed E-state index contributed by atoms with van der Waals surface area (Å²) in [6.07, 6.45) is -3.18. The molecule has 2 heterocycles. The van der Waals surface area contributed by atoms with E-state index in [2.05, 4.69) is 14.9 Å². The van der Waals surface area contributed by atoms with Crippen LogP contribution in [0.15, 0.2) is 6.20 Å². The Morgan fingerprint density at radius 2 is 1.82 bits per heavy atom. The van der Waals surface area contributed by atoms with Crippen LogP contribution in [0.2, 0.25) is 0 Å². The van der Waals surface area contributed by atoms with Crippen LogP contribution in [-0.2, 0) is 19.3 Å². The molecule has 0 atom stereocenters. The lowest BCUT2D eigenvalue weighted by Gasteiger charge is -2.30. The molecule has 1 aliphatic heterocycles. The van der Waals surface area contributed by atoms with Crippen molar-refractivity contribution in [3.63, 3.8) is 0 Å². The van der Waals surface area contributed by atoms with Gasteiger partial charge in [0.15, 0.2) is 0 Å². The normalized spacial score (nSPS) is 17.3. The van der Waals surface area contributed by atoms with Crippen LogP contribution in [-0.4, -0.2) is 20.4 Å². The molecule has 0 saturated carbocycles. The molecular weight excluding hydrogens is 231 g/mol. The molecule has 0 radical (unpaired) electrons. The van der Waals surface area contributed by atoms with Gasteiger partial charge < -0.3 is 0 Å². The first-order valence-electron chi connectivity index (χ1n) is 5.35. The maximum absolute atomic E-state index is 12.4. The van der Waals surface area contributed by atoms with E-state index in [-0.39, 0.29) is 5.54 Å². The van der Waals surface area contributed by atoms with Crippen molar-refractivity contribution in [3.05, 3.63) is 23.3 Å². The van der Waals surface area contributed by atoms with E-state index in [1.807, 2.05) is 20.8 Å². The Bertz CT molecular complexity index is 435. The zero-order valence-electron chi connectivity index (χ0n) is 9.97. The molecule has 0 bridgehead atoms. The molecule has 6 heteroatoms. The SMILES string of the molecule is CC(C)(C)N1Cc2cnc(C(F)(F)F)nc2C1. The molecule has 0 saturated heterocycles. The van der Waals surface area contributed by atoms with Crippen LogP contribution in [0.5, 0.6) is 0 Å². The van der Waals surface area contributed by atoms with Gasteiger partial charge >= 0.3 is 6.18 Å². The number of fused-ring (bicyclic) bond motifs is 1. The summed E-state index contributed by atoms with van der Waals surface area (Å²) < 4.78 is 37.3. The highest BCUT2D eigenvalue weighted by Gasteiger charge is 2.37. The van der Waals surface area contributed by atoms with Gasteiger partial charge in [-0.3, -0.25) is 4.90 Å². The summed E-state index contributed by atoms with van der Waals surface area (Å²) in [6.45, 7) is 7.13. The van der Waals surface area contributed by atoms with Gasteiger partial charge in [-0.2, -0.15) is 13.2 Å². The van der Waals surface area contributed by atoms with E-state index in [0.29, 0.717) is 18.8 Å². The molecule has 3 nitrogen and oxygen atoms in total. The van der Waals surface area contributed by atoms with Gasteiger partial charge in [0, 0.05) is 30.4 Å². The molecule has 0 amide bonds. The number of nitrogens with zero attached hydrogens (tertiary/aromatic N) is 3. The van der Waals surface area contributed by atoms with E-state index in [1.165, 1.54) is 6.20 Å². The van der Waals surface area contributed by atoms with Gasteiger partial charge in [-0.25, -0.2) is 9.97 Å². The van der Waals surface area contributed by atoms with E-state index in [4.69, 9.17) is 0 Å². The fraction of sp³-hybridized carbons (Fsp3) is 0.636. The van der Waals surface area contributed by atoms with Gasteiger partial charge in [-0.15, -0.1) is 0 Å². The standard InChI is InChI=1S/C11H14F3N3/c1-10(2,3)17-5-7-4-15-9(11(12,13)14)16-8(7)6-17/h4H,5-6H2,1-3H3. The molecular formula is C11H14F3N3. The Morgan fingerprint density at radius 1 is 1.18 bits per heavy atom. The van der Waals surface area contributed by atoms with E-state index >= 15 is 0 Å². The van der Waals surface area contributed by atoms with Crippen molar-refractivity contribution in [2.24, 2.45) is 0 Å². The summed E-state index contributed by atoms with van der Waals surface area (Å²) in [5, 5.41) is 0. The average Bonchev–Trinajstić information content (AvgIpc) is 2.57. The molecule has 0 unspecified atom stereocenters. The van der Waals surface area contributed by atoms with Crippen LogP contribution < -0.4 is 0 Å². The first kappa shape index (κ1) is 12.3. The highest BCUT2D eigenvalue weighted by Crippen LogP contribution is 2.31. The predicted octanol–water partition coefficient (Wildman–Crippen LogP) is 2.61. The van der Waals surface area contributed by atoms with Crippen LogP contribution in [0.3, 0.4) is 0 Å². The van der Waals surface area contributed by atoms with Crippen molar-refractivity contribution in [2.75, 3.05) is 0 Å². The molecule has 0 aliphatic carbocycles. The first-order chi connectivity index (χ1) is 7.68. The summed E-state index contributed by atoms with van der Waals surface area (Å²) >= 11 is 0. The summed E-state index contributed by atoms with van der Waals surface area (Å²) in [4.78, 5) is 9.06. The number of aromatic nitrogens is 2. The Kier molecular flexibility index (Phi) is 2.65. The highest BCUT2D eigenvalue weighted by atomic mass is 19.4. The summed E-state index contributed by atoms with van der Waals surface area (Å²) in [5.41, 5.74) is 1.19. The molecule has 0 fully saturated rings. The molecule has 1 aromatic heterocycles. The quantitative estimate of drug-likeness (QED) is 0.703. The van der Waals surface area contributed by atoms with E-state index in [9.17, 15) is 13.2 Å². The van der Waals surface area contributed by atoms with Gasteiger partial charge in [0.25, 0.3) is 0 Å². The zero-order valence-corrected chi connectivity index (χ0v) is 9.97. The number of halogens is 3. The van der Waals surface area contributed by atoms with Crippen LogP contribution in [0.4, 0.5) is 13.2 Å². The third kappa shape index (κ3) is 2.41. The smallest absolute Gasteiger partial charge is 0.288 e. The van der Waals surface area contributed by atoms with Crippen LogP contribution in [0, 0.1) is 0 Å². The topological polar surface area (TPSA) is 29.0 Å². The van der Waals surface area contributed by atoms with Crippen LogP contribution >= 0.6 is 0 Å². The second-order valence-corrected chi connectivity index (χ2v) is 5.19. The zero-order chi connectivity index (χ0) is 12.8. The van der Waals surface area contributed by atoms with Gasteiger partial charge in [0.2, 0.25) is 5.82 Å². The second kappa shape index (κ2) is 3.66. The van der Waals surface area contributed by atoms with Crippen molar-refractivity contribution in [2.45, 2.75) is 45.6 Å². The van der Waals surface area contributed by atoms with Crippen molar-refractivity contribution < 1.29 is 13.2 Å². The Labute approximate surface area is 97.7 Å². The fourth-order valence-corrected chi connectivity index (χ4v) is 1.76. The fourth-order valence-electron chi connectivity index (χ4n) is 1.76. The molecule has 1 aromatic rings. The average molecular weight is 245 g/mol. The number of rotatable bonds is 0. The van der Waals surface area contributed by atoms with E-state index in [0.717, 1.165) is 5.56 Å². The minimum atomic E-state index is -4.47. The maximum atomic E-state index is 12.4. The van der Waals surface area contributed by atoms with Crippen LogP contribution in [0.1, 0.15) is 37.9 Å². The number of hydrogen-bond acceptors (Lipinski definition) is 3. The lowest BCUT2D eigenvalue weighted by Crippen LogP contribution is -2.36. The van der Waals surface area contributed by atoms with Crippen molar-refractivity contribution in [3.8, 4) is 0 Å². The summed E-state index contributed by atoms with van der Waals surface area (Å²) in [6, 6.07) is 0. The van der Waals surface area contributed by atoms with Gasteiger partial charge in [0.05, 0.1) is 5.69 Å². The monoisotopic (exact) mass is 245 g/mol. The minimum Gasteiger partial charge on any atom is -0.288 e. The largest absolute Gasteiger partial charge is 0.451 e. The Morgan fingerprint density at radius 3 is 2.35 bits per heavy atom. The molecule has 17 heavy (non-hydrogen) atoms. The van der Waals surface area contributed by atoms with Gasteiger partial charge in [-0.1, -0.05) is 0 Å². The Balaban J connectivity index is 2.29. The predicted molar refractivity (Wildman–Crippen MR) is 56.0 cm³/mol. The number of hydrogen-bond donors (Lipinski definition) is 0. The maximum Gasteiger partial charge on any atom is 0.451 e. The summed E-state index contributed by atoms with van der Waals surface area (Å²) in [7, 11) is 0. The highest BCUT2D eigenvalue weighted by molar-refractivity contribution is 5.23. The molecule has 0 spiro atoms. The van der Waals surface area contributed by atoms with Gasteiger partial charge in [-0.05, 0) is 20.8 Å². The first-order valence-corrected chi connectivity index (χ1v) is 5.35. The van der Waals surface area contributed by atoms with E-state index < -0.39 is 12.0 Å². The number of alkyl halides is 3. The van der Waals surface area contributed by atoms with Gasteiger partial charge in [0.1, 0.15) is 0 Å². The summed E-state index contributed by atoms with van der Waals surface area (Å²) in [5.74, 6) is -1.05. The van der Waals surface area contributed by atoms with Crippen molar-refractivity contribution in [1.29, 1.82) is 0 Å². The lowest BCUT2D eigenvalue weighted by atomic mass is 10.1. The van der Waals surface area contributed by atoms with E-state index in [1.54, 1.807) is 0 Å². The van der Waals surface area contributed by atoms with Crippen LogP contribution in [0.25, 0.3) is 0 Å². The minimum absolute atomic E-state index is 0.0842. The van der Waals surface area contributed by atoms with Crippen molar-refractivity contribution in [1.82, 2.24) is 14.9 Å². The Hall–Kier alpha value is -1.17. The molecule has 2 rings (SSSR count). The third-order valence-corrected chi connectivity index (χ3v) is 2.86. The second-order valence-electron chi connectivity index (χ2n) is 5.19. The lowest BCUT2D eigenvalue weighted by molar-refractivity contribution is -0.145. The molecule has 1 aliphatic rings.